The summed E-state index contributed by atoms with van der Waals surface area (Å²) >= 11 is 6.36. The van der Waals surface area contributed by atoms with Gasteiger partial charge in [-0.25, -0.2) is 0 Å². The van der Waals surface area contributed by atoms with E-state index in [4.69, 9.17) is 25.8 Å². The quantitative estimate of drug-likeness (QED) is 0.513. The number of piperidine rings is 1. The summed E-state index contributed by atoms with van der Waals surface area (Å²) in [6, 6.07) is 15.7. The summed E-state index contributed by atoms with van der Waals surface area (Å²) in [5.74, 6) is 0.602. The molecule has 1 spiro atoms. The molecule has 2 heterocycles. The second kappa shape index (κ2) is 10.5. The molecule has 0 aromatic heterocycles. The molecule has 5 nitrogen and oxygen atoms in total. The minimum atomic E-state index is -0.262. The highest BCUT2D eigenvalue weighted by molar-refractivity contribution is 6.32. The van der Waals surface area contributed by atoms with Gasteiger partial charge in [-0.2, -0.15) is 0 Å². The highest BCUT2D eigenvalue weighted by Gasteiger charge is 2.45. The first kappa shape index (κ1) is 24.1. The summed E-state index contributed by atoms with van der Waals surface area (Å²) < 4.78 is 18.5. The SMILES string of the molecule is CCO[C@@H]1C[C@H](c2ccccc2)OC2(CCN(C(=O)c3ccc(OC(C)C)c(Cl)c3)CC2)C1. The van der Waals surface area contributed by atoms with Gasteiger partial charge in [-0.05, 0) is 57.4 Å². The van der Waals surface area contributed by atoms with E-state index in [0.717, 1.165) is 25.7 Å². The molecule has 2 aliphatic rings. The maximum Gasteiger partial charge on any atom is 0.253 e. The molecule has 178 valence electrons. The van der Waals surface area contributed by atoms with Gasteiger partial charge in [0, 0.05) is 38.1 Å². The summed E-state index contributed by atoms with van der Waals surface area (Å²) in [6.07, 6.45) is 3.56. The number of benzene rings is 2. The van der Waals surface area contributed by atoms with Crippen molar-refractivity contribution in [2.24, 2.45) is 0 Å². The maximum atomic E-state index is 13.2. The van der Waals surface area contributed by atoms with E-state index < -0.39 is 0 Å². The fourth-order valence-electron chi connectivity index (χ4n) is 4.97. The molecule has 0 bridgehead atoms. The van der Waals surface area contributed by atoms with Gasteiger partial charge in [0.25, 0.3) is 5.91 Å². The van der Waals surface area contributed by atoms with Crippen LogP contribution in [0.15, 0.2) is 48.5 Å². The van der Waals surface area contributed by atoms with Crippen LogP contribution in [-0.2, 0) is 9.47 Å². The van der Waals surface area contributed by atoms with E-state index in [-0.39, 0.29) is 29.8 Å². The zero-order chi connectivity index (χ0) is 23.4. The summed E-state index contributed by atoms with van der Waals surface area (Å²) in [5, 5.41) is 0.462. The summed E-state index contributed by atoms with van der Waals surface area (Å²) in [6.45, 7) is 7.95. The molecule has 33 heavy (non-hydrogen) atoms. The van der Waals surface area contributed by atoms with E-state index in [1.165, 1.54) is 5.56 Å². The van der Waals surface area contributed by atoms with Crippen LogP contribution in [0.25, 0.3) is 0 Å². The van der Waals surface area contributed by atoms with Gasteiger partial charge in [-0.1, -0.05) is 41.9 Å². The number of halogens is 1. The van der Waals surface area contributed by atoms with Gasteiger partial charge in [-0.3, -0.25) is 4.79 Å². The van der Waals surface area contributed by atoms with Crippen LogP contribution in [0, 0.1) is 0 Å². The van der Waals surface area contributed by atoms with Crippen LogP contribution in [0.5, 0.6) is 5.75 Å². The zero-order valence-corrected chi connectivity index (χ0v) is 20.5. The largest absolute Gasteiger partial charge is 0.489 e. The van der Waals surface area contributed by atoms with Crippen molar-refractivity contribution in [1.82, 2.24) is 4.90 Å². The molecule has 0 saturated carbocycles. The summed E-state index contributed by atoms with van der Waals surface area (Å²) in [7, 11) is 0. The molecular formula is C27H34ClNO4. The average Bonchev–Trinajstić information content (AvgIpc) is 2.81. The third kappa shape index (κ3) is 5.71. The van der Waals surface area contributed by atoms with Crippen LogP contribution in [0.4, 0.5) is 0 Å². The predicted molar refractivity (Wildman–Crippen MR) is 130 cm³/mol. The highest BCUT2D eigenvalue weighted by atomic mass is 35.5. The van der Waals surface area contributed by atoms with Crippen molar-refractivity contribution in [3.63, 3.8) is 0 Å². The Morgan fingerprint density at radius 1 is 1.18 bits per heavy atom. The molecule has 2 atom stereocenters. The number of amides is 1. The van der Waals surface area contributed by atoms with E-state index in [1.807, 2.05) is 31.7 Å². The molecule has 6 heteroatoms. The molecule has 0 radical (unpaired) electrons. The Bertz CT molecular complexity index is 940. The predicted octanol–water partition coefficient (Wildman–Crippen LogP) is 6.06. The van der Waals surface area contributed by atoms with E-state index >= 15 is 0 Å². The Kier molecular flexibility index (Phi) is 7.62. The smallest absolute Gasteiger partial charge is 0.253 e. The van der Waals surface area contributed by atoms with Crippen LogP contribution in [-0.4, -0.2) is 48.3 Å². The molecule has 0 N–H and O–H groups in total. The topological polar surface area (TPSA) is 48.0 Å². The Balaban J connectivity index is 1.44. The van der Waals surface area contributed by atoms with Gasteiger partial charge in [-0.15, -0.1) is 0 Å². The van der Waals surface area contributed by atoms with Gasteiger partial charge in [0.05, 0.1) is 28.9 Å². The average molecular weight is 472 g/mol. The Morgan fingerprint density at radius 3 is 2.55 bits per heavy atom. The third-order valence-electron chi connectivity index (χ3n) is 6.55. The van der Waals surface area contributed by atoms with Crippen molar-refractivity contribution in [3.05, 3.63) is 64.7 Å². The monoisotopic (exact) mass is 471 g/mol. The van der Waals surface area contributed by atoms with Crippen molar-refractivity contribution in [1.29, 1.82) is 0 Å². The number of nitrogens with zero attached hydrogens (tertiary/aromatic N) is 1. The lowest BCUT2D eigenvalue weighted by Gasteiger charge is -2.48. The molecule has 2 aromatic rings. The van der Waals surface area contributed by atoms with Gasteiger partial charge < -0.3 is 19.1 Å². The van der Waals surface area contributed by atoms with Crippen LogP contribution >= 0.6 is 11.6 Å². The first-order chi connectivity index (χ1) is 15.9. The lowest BCUT2D eigenvalue weighted by atomic mass is 9.80. The number of hydrogen-bond acceptors (Lipinski definition) is 4. The highest BCUT2D eigenvalue weighted by Crippen LogP contribution is 2.44. The van der Waals surface area contributed by atoms with E-state index in [1.54, 1.807) is 18.2 Å². The van der Waals surface area contributed by atoms with Crippen molar-refractivity contribution >= 4 is 17.5 Å². The van der Waals surface area contributed by atoms with Crippen LogP contribution in [0.1, 0.15) is 68.5 Å². The van der Waals surface area contributed by atoms with Gasteiger partial charge >= 0.3 is 0 Å². The lowest BCUT2D eigenvalue weighted by molar-refractivity contribution is -0.190. The molecule has 2 saturated heterocycles. The van der Waals surface area contributed by atoms with Gasteiger partial charge in [0.1, 0.15) is 5.75 Å². The number of carbonyl (C=O) groups excluding carboxylic acids is 1. The fraction of sp³-hybridized carbons (Fsp3) is 0.519. The van der Waals surface area contributed by atoms with Gasteiger partial charge in [0.15, 0.2) is 0 Å². The van der Waals surface area contributed by atoms with E-state index in [9.17, 15) is 4.79 Å². The normalized spacial score (nSPS) is 22.5. The third-order valence-corrected chi connectivity index (χ3v) is 6.84. The maximum absolute atomic E-state index is 13.2. The number of ether oxygens (including phenoxy) is 3. The van der Waals surface area contributed by atoms with Crippen LogP contribution in [0.2, 0.25) is 5.02 Å². The minimum Gasteiger partial charge on any atom is -0.489 e. The molecular weight excluding hydrogens is 438 g/mol. The summed E-state index contributed by atoms with van der Waals surface area (Å²) in [4.78, 5) is 15.1. The first-order valence-electron chi connectivity index (χ1n) is 12.0. The molecule has 1 amide bonds. The van der Waals surface area contributed by atoms with Crippen LogP contribution < -0.4 is 4.74 Å². The Labute approximate surface area is 202 Å². The van der Waals surface area contributed by atoms with Gasteiger partial charge in [0.2, 0.25) is 0 Å². The zero-order valence-electron chi connectivity index (χ0n) is 19.8. The fourth-order valence-corrected chi connectivity index (χ4v) is 5.20. The minimum absolute atomic E-state index is 0.000348. The van der Waals surface area contributed by atoms with E-state index in [0.29, 0.717) is 36.0 Å². The molecule has 4 rings (SSSR count). The molecule has 0 aliphatic carbocycles. The molecule has 2 aliphatic heterocycles. The van der Waals surface area contributed by atoms with Crippen molar-refractivity contribution in [3.8, 4) is 5.75 Å². The van der Waals surface area contributed by atoms with Crippen molar-refractivity contribution < 1.29 is 19.0 Å². The number of likely N-dealkylation sites (tertiary alicyclic amines) is 1. The van der Waals surface area contributed by atoms with Crippen molar-refractivity contribution in [2.45, 2.75) is 70.4 Å². The number of carbonyl (C=O) groups is 1. The standard InChI is InChI=1S/C27H34ClNO4/c1-4-31-22-17-25(20-8-6-5-7-9-20)33-27(18-22)12-14-29(15-13-27)26(30)21-10-11-24(23(28)16-21)32-19(2)3/h5-11,16,19,22,25H,4,12-15,17-18H2,1-3H3/t22-,25-/m1/s1. The summed E-state index contributed by atoms with van der Waals surface area (Å²) in [5.41, 5.74) is 1.52. The Morgan fingerprint density at radius 2 is 1.91 bits per heavy atom. The number of hydrogen-bond donors (Lipinski definition) is 0. The lowest BCUT2D eigenvalue weighted by Crippen LogP contribution is -2.52. The first-order valence-corrected chi connectivity index (χ1v) is 12.4. The second-order valence-corrected chi connectivity index (χ2v) is 9.73. The molecule has 2 fully saturated rings. The molecule has 0 unspecified atom stereocenters. The van der Waals surface area contributed by atoms with Crippen molar-refractivity contribution in [2.75, 3.05) is 19.7 Å². The van der Waals surface area contributed by atoms with E-state index in [2.05, 4.69) is 24.3 Å². The molecule has 2 aromatic carbocycles. The Hall–Kier alpha value is -2.08. The number of rotatable bonds is 6. The second-order valence-electron chi connectivity index (χ2n) is 9.32. The van der Waals surface area contributed by atoms with Crippen LogP contribution in [0.3, 0.4) is 0 Å².